The van der Waals surface area contributed by atoms with E-state index in [0.717, 1.165) is 0 Å². The molecule has 0 fully saturated rings. The first-order valence-corrected chi connectivity index (χ1v) is 9.56. The maximum Gasteiger partial charge on any atom is 0.241 e. The molecule has 0 amide bonds. The predicted octanol–water partition coefficient (Wildman–Crippen LogP) is 2.74. The first kappa shape index (κ1) is 18.4. The van der Waals surface area contributed by atoms with Gasteiger partial charge in [-0.1, -0.05) is 29.5 Å². The minimum absolute atomic E-state index is 0.0290. The molecule has 0 saturated heterocycles. The van der Waals surface area contributed by atoms with Crippen LogP contribution in [0.2, 0.25) is 5.02 Å². The van der Waals surface area contributed by atoms with Crippen molar-refractivity contribution in [3.8, 4) is 29.1 Å². The number of benzene rings is 2. The summed E-state index contributed by atoms with van der Waals surface area (Å²) in [6, 6.07) is 9.96. The van der Waals surface area contributed by atoms with Crippen molar-refractivity contribution in [3.05, 3.63) is 47.0 Å². The van der Waals surface area contributed by atoms with Gasteiger partial charge in [-0.25, -0.2) is 8.42 Å². The summed E-state index contributed by atoms with van der Waals surface area (Å²) >= 11 is 5.96. The SMILES string of the molecule is Cc1c(Cl)cccc1S(=O)(=O)NCC#CCOc1ccc2c(c1)OCO2. The molecule has 8 heteroatoms. The van der Waals surface area contributed by atoms with Crippen LogP contribution in [0.1, 0.15) is 5.56 Å². The molecule has 0 saturated carbocycles. The molecule has 1 N–H and O–H groups in total. The Morgan fingerprint density at radius 2 is 2.00 bits per heavy atom. The summed E-state index contributed by atoms with van der Waals surface area (Å²) < 4.78 is 42.9. The van der Waals surface area contributed by atoms with Gasteiger partial charge in [0.2, 0.25) is 16.8 Å². The molecule has 0 aliphatic carbocycles. The van der Waals surface area contributed by atoms with E-state index in [1.54, 1.807) is 37.3 Å². The van der Waals surface area contributed by atoms with Crippen LogP contribution in [0.5, 0.6) is 17.2 Å². The van der Waals surface area contributed by atoms with Gasteiger partial charge in [0.25, 0.3) is 0 Å². The normalized spacial score (nSPS) is 12.4. The monoisotopic (exact) mass is 393 g/mol. The van der Waals surface area contributed by atoms with Crippen LogP contribution in [0.4, 0.5) is 0 Å². The van der Waals surface area contributed by atoms with Crippen molar-refractivity contribution in [2.75, 3.05) is 19.9 Å². The van der Waals surface area contributed by atoms with Crippen molar-refractivity contribution in [3.63, 3.8) is 0 Å². The van der Waals surface area contributed by atoms with Gasteiger partial charge < -0.3 is 14.2 Å². The summed E-state index contributed by atoms with van der Waals surface area (Å²) in [5.41, 5.74) is 0.501. The van der Waals surface area contributed by atoms with Crippen molar-refractivity contribution in [1.82, 2.24) is 4.72 Å². The zero-order chi connectivity index (χ0) is 18.6. The number of hydrogen-bond donors (Lipinski definition) is 1. The number of ether oxygens (including phenoxy) is 3. The van der Waals surface area contributed by atoms with Crippen LogP contribution < -0.4 is 18.9 Å². The van der Waals surface area contributed by atoms with Crippen molar-refractivity contribution in [2.45, 2.75) is 11.8 Å². The Labute approximate surface area is 157 Å². The third-order valence-electron chi connectivity index (χ3n) is 3.64. The second-order valence-electron chi connectivity index (χ2n) is 5.34. The summed E-state index contributed by atoms with van der Waals surface area (Å²) in [6.45, 7) is 1.95. The van der Waals surface area contributed by atoms with Gasteiger partial charge in [-0.15, -0.1) is 0 Å². The van der Waals surface area contributed by atoms with E-state index in [2.05, 4.69) is 16.6 Å². The average Bonchev–Trinajstić information content (AvgIpc) is 3.08. The van der Waals surface area contributed by atoms with E-state index in [9.17, 15) is 8.42 Å². The molecule has 3 rings (SSSR count). The lowest BCUT2D eigenvalue weighted by atomic mass is 10.2. The van der Waals surface area contributed by atoms with Gasteiger partial charge in [-0.3, -0.25) is 0 Å². The molecule has 136 valence electrons. The Hall–Kier alpha value is -2.40. The fourth-order valence-electron chi connectivity index (χ4n) is 2.29. The molecule has 0 radical (unpaired) electrons. The van der Waals surface area contributed by atoms with Crippen molar-refractivity contribution in [1.29, 1.82) is 0 Å². The molecule has 26 heavy (non-hydrogen) atoms. The standard InChI is InChI=1S/C18H16ClNO5S/c1-13-15(19)5-4-6-18(13)26(21,22)20-9-2-3-10-23-14-7-8-16-17(11-14)25-12-24-16/h4-8,11,20H,9-10,12H2,1H3. The van der Waals surface area contributed by atoms with Crippen molar-refractivity contribution >= 4 is 21.6 Å². The Bertz CT molecular complexity index is 979. The number of hydrogen-bond acceptors (Lipinski definition) is 5. The molecule has 0 spiro atoms. The molecule has 1 heterocycles. The fraction of sp³-hybridized carbons (Fsp3) is 0.222. The molecule has 0 bridgehead atoms. The van der Waals surface area contributed by atoms with E-state index in [-0.39, 0.29) is 24.8 Å². The first-order valence-electron chi connectivity index (χ1n) is 7.70. The number of fused-ring (bicyclic) bond motifs is 1. The lowest BCUT2D eigenvalue weighted by Crippen LogP contribution is -2.24. The minimum atomic E-state index is -3.67. The van der Waals surface area contributed by atoms with Crippen LogP contribution in [-0.4, -0.2) is 28.4 Å². The zero-order valence-corrected chi connectivity index (χ0v) is 15.5. The lowest BCUT2D eigenvalue weighted by Gasteiger charge is -2.08. The maximum atomic E-state index is 12.3. The van der Waals surface area contributed by atoms with Crippen LogP contribution in [0.3, 0.4) is 0 Å². The van der Waals surface area contributed by atoms with Gasteiger partial charge in [0.15, 0.2) is 11.5 Å². The molecule has 1 aliphatic rings. The maximum absolute atomic E-state index is 12.3. The summed E-state index contributed by atoms with van der Waals surface area (Å²) in [7, 11) is -3.67. The summed E-state index contributed by atoms with van der Waals surface area (Å²) in [5.74, 6) is 7.36. The molecule has 0 atom stereocenters. The molecule has 0 aromatic heterocycles. The van der Waals surface area contributed by atoms with Crippen molar-refractivity contribution in [2.24, 2.45) is 0 Å². The predicted molar refractivity (Wildman–Crippen MR) is 97.2 cm³/mol. The van der Waals surface area contributed by atoms with Gasteiger partial charge in [0.1, 0.15) is 12.4 Å². The van der Waals surface area contributed by atoms with E-state index >= 15 is 0 Å². The molecule has 6 nitrogen and oxygen atoms in total. The van der Waals surface area contributed by atoms with Crippen LogP contribution in [-0.2, 0) is 10.0 Å². The smallest absolute Gasteiger partial charge is 0.241 e. The van der Waals surface area contributed by atoms with Crippen LogP contribution in [0, 0.1) is 18.8 Å². The van der Waals surface area contributed by atoms with Gasteiger partial charge >= 0.3 is 0 Å². The molecule has 2 aromatic rings. The van der Waals surface area contributed by atoms with Crippen LogP contribution in [0.25, 0.3) is 0 Å². The highest BCUT2D eigenvalue weighted by molar-refractivity contribution is 7.89. The highest BCUT2D eigenvalue weighted by atomic mass is 35.5. The topological polar surface area (TPSA) is 73.9 Å². The van der Waals surface area contributed by atoms with E-state index < -0.39 is 10.0 Å². The summed E-state index contributed by atoms with van der Waals surface area (Å²) in [5, 5.41) is 0.399. The third-order valence-corrected chi connectivity index (χ3v) is 5.59. The van der Waals surface area contributed by atoms with Gasteiger partial charge in [0.05, 0.1) is 11.4 Å². The number of rotatable bonds is 5. The Balaban J connectivity index is 1.52. The number of nitrogens with one attached hydrogen (secondary N) is 1. The van der Waals surface area contributed by atoms with Gasteiger partial charge in [0, 0.05) is 11.1 Å². The Morgan fingerprint density at radius 3 is 2.85 bits per heavy atom. The number of sulfonamides is 1. The van der Waals surface area contributed by atoms with Crippen molar-refractivity contribution < 1.29 is 22.6 Å². The number of halogens is 1. The molecular formula is C18H16ClNO5S. The summed E-state index contributed by atoms with van der Waals surface area (Å²) in [4.78, 5) is 0.142. The largest absolute Gasteiger partial charge is 0.481 e. The minimum Gasteiger partial charge on any atom is -0.481 e. The van der Waals surface area contributed by atoms with Gasteiger partial charge in [-0.05, 0) is 36.8 Å². The third kappa shape index (κ3) is 4.22. The van der Waals surface area contributed by atoms with E-state index in [1.807, 2.05) is 0 Å². The zero-order valence-electron chi connectivity index (χ0n) is 13.9. The Morgan fingerprint density at radius 1 is 1.19 bits per heavy atom. The molecule has 2 aromatic carbocycles. The highest BCUT2D eigenvalue weighted by Crippen LogP contribution is 2.34. The highest BCUT2D eigenvalue weighted by Gasteiger charge is 2.17. The van der Waals surface area contributed by atoms with E-state index in [4.69, 9.17) is 25.8 Å². The Kier molecular flexibility index (Phi) is 5.57. The lowest BCUT2D eigenvalue weighted by molar-refractivity contribution is 0.174. The van der Waals surface area contributed by atoms with Crippen LogP contribution in [0.15, 0.2) is 41.3 Å². The van der Waals surface area contributed by atoms with E-state index in [0.29, 0.717) is 27.8 Å². The van der Waals surface area contributed by atoms with Gasteiger partial charge in [-0.2, -0.15) is 4.72 Å². The molecule has 0 unspecified atom stereocenters. The summed E-state index contributed by atoms with van der Waals surface area (Å²) in [6.07, 6.45) is 0. The first-order chi connectivity index (χ1) is 12.5. The second kappa shape index (κ2) is 7.87. The fourth-order valence-corrected chi connectivity index (χ4v) is 3.71. The van der Waals surface area contributed by atoms with E-state index in [1.165, 1.54) is 6.07 Å². The molecular weight excluding hydrogens is 378 g/mol. The quantitative estimate of drug-likeness (QED) is 0.791. The second-order valence-corrected chi connectivity index (χ2v) is 7.49. The average molecular weight is 394 g/mol. The van der Waals surface area contributed by atoms with Crippen LogP contribution >= 0.6 is 11.6 Å². The molecule has 1 aliphatic heterocycles.